The van der Waals surface area contributed by atoms with Crippen molar-refractivity contribution >= 4 is 5.69 Å². The number of benzene rings is 1. The lowest BCUT2D eigenvalue weighted by Gasteiger charge is -2.35. The molecule has 0 radical (unpaired) electrons. The van der Waals surface area contributed by atoms with Gasteiger partial charge in [0.05, 0.1) is 17.3 Å². The van der Waals surface area contributed by atoms with Crippen LogP contribution in [0.3, 0.4) is 0 Å². The van der Waals surface area contributed by atoms with Crippen LogP contribution < -0.4 is 4.90 Å². The van der Waals surface area contributed by atoms with Gasteiger partial charge in [-0.25, -0.2) is 4.39 Å². The normalized spacial score (nSPS) is 20.7. The van der Waals surface area contributed by atoms with Gasteiger partial charge in [-0.2, -0.15) is 5.26 Å². The van der Waals surface area contributed by atoms with Gasteiger partial charge < -0.3 is 9.80 Å². The molecule has 3 rings (SSSR count). The average Bonchev–Trinajstić information content (AvgIpc) is 3.01. The molecule has 2 aliphatic heterocycles. The third-order valence-electron chi connectivity index (χ3n) is 4.75. The summed E-state index contributed by atoms with van der Waals surface area (Å²) in [7, 11) is 0. The van der Waals surface area contributed by atoms with Crippen LogP contribution in [-0.4, -0.2) is 37.6 Å². The molecule has 4 heteroatoms. The molecule has 3 nitrogen and oxygen atoms in total. The smallest absolute Gasteiger partial charge is 0.147 e. The highest BCUT2D eigenvalue weighted by atomic mass is 19.1. The Morgan fingerprint density at radius 2 is 1.86 bits per heavy atom. The van der Waals surface area contributed by atoms with E-state index in [0.717, 1.165) is 31.8 Å². The van der Waals surface area contributed by atoms with Crippen molar-refractivity contribution in [1.82, 2.24) is 4.90 Å². The minimum absolute atomic E-state index is 0.271. The molecule has 0 aliphatic carbocycles. The summed E-state index contributed by atoms with van der Waals surface area (Å²) in [6, 6.07) is 6.77. The SMILES string of the molecule is N#Cc1ccc(N2CCC(CN3CCCC3)CC2)c(F)c1. The fourth-order valence-corrected chi connectivity index (χ4v) is 3.52. The Morgan fingerprint density at radius 3 is 2.48 bits per heavy atom. The van der Waals surface area contributed by atoms with Crippen LogP contribution in [-0.2, 0) is 0 Å². The molecular formula is C17H22FN3. The van der Waals surface area contributed by atoms with Crippen LogP contribution >= 0.6 is 0 Å². The van der Waals surface area contributed by atoms with Gasteiger partial charge in [-0.1, -0.05) is 0 Å². The van der Waals surface area contributed by atoms with Gasteiger partial charge in [-0.3, -0.25) is 0 Å². The lowest BCUT2D eigenvalue weighted by Crippen LogP contribution is -2.38. The molecule has 2 fully saturated rings. The lowest BCUT2D eigenvalue weighted by molar-refractivity contribution is 0.249. The molecule has 21 heavy (non-hydrogen) atoms. The second-order valence-electron chi connectivity index (χ2n) is 6.22. The predicted octanol–water partition coefficient (Wildman–Crippen LogP) is 3.01. The first-order chi connectivity index (χ1) is 10.3. The van der Waals surface area contributed by atoms with E-state index < -0.39 is 0 Å². The summed E-state index contributed by atoms with van der Waals surface area (Å²) in [6.07, 6.45) is 4.95. The van der Waals surface area contributed by atoms with Gasteiger partial charge in [0.2, 0.25) is 0 Å². The maximum atomic E-state index is 14.0. The minimum Gasteiger partial charge on any atom is -0.369 e. The number of likely N-dealkylation sites (tertiary alicyclic amines) is 1. The first-order valence-corrected chi connectivity index (χ1v) is 7.93. The van der Waals surface area contributed by atoms with Crippen LogP contribution in [0.25, 0.3) is 0 Å². The Morgan fingerprint density at radius 1 is 1.14 bits per heavy atom. The zero-order valence-corrected chi connectivity index (χ0v) is 12.4. The average molecular weight is 287 g/mol. The number of hydrogen-bond acceptors (Lipinski definition) is 3. The molecule has 0 bridgehead atoms. The molecule has 0 amide bonds. The van der Waals surface area contributed by atoms with Gasteiger partial charge >= 0.3 is 0 Å². The van der Waals surface area contributed by atoms with E-state index in [-0.39, 0.29) is 5.82 Å². The Bertz CT molecular complexity index is 523. The second kappa shape index (κ2) is 6.44. The molecular weight excluding hydrogens is 265 g/mol. The van der Waals surface area contributed by atoms with Gasteiger partial charge in [0.15, 0.2) is 0 Å². The maximum Gasteiger partial charge on any atom is 0.147 e. The van der Waals surface area contributed by atoms with Gasteiger partial charge in [0.1, 0.15) is 5.82 Å². The van der Waals surface area contributed by atoms with E-state index in [1.165, 1.54) is 38.5 Å². The van der Waals surface area contributed by atoms with Crippen LogP contribution in [0.15, 0.2) is 18.2 Å². The Hall–Kier alpha value is -1.60. The lowest BCUT2D eigenvalue weighted by atomic mass is 9.95. The third-order valence-corrected chi connectivity index (χ3v) is 4.75. The first-order valence-electron chi connectivity index (χ1n) is 7.93. The van der Waals surface area contributed by atoms with Crippen molar-refractivity contribution in [1.29, 1.82) is 5.26 Å². The van der Waals surface area contributed by atoms with E-state index in [2.05, 4.69) is 9.80 Å². The van der Waals surface area contributed by atoms with Crippen molar-refractivity contribution in [3.8, 4) is 6.07 Å². The summed E-state index contributed by atoms with van der Waals surface area (Å²) in [6.45, 7) is 5.56. The summed E-state index contributed by atoms with van der Waals surface area (Å²) in [4.78, 5) is 4.69. The van der Waals surface area contributed by atoms with Gasteiger partial charge in [-0.15, -0.1) is 0 Å². The fraction of sp³-hybridized carbons (Fsp3) is 0.588. The largest absolute Gasteiger partial charge is 0.369 e. The molecule has 112 valence electrons. The molecule has 2 aliphatic rings. The van der Waals surface area contributed by atoms with Crippen molar-refractivity contribution in [2.45, 2.75) is 25.7 Å². The van der Waals surface area contributed by atoms with Crippen LogP contribution in [0.4, 0.5) is 10.1 Å². The molecule has 0 spiro atoms. The zero-order valence-electron chi connectivity index (χ0n) is 12.4. The minimum atomic E-state index is -0.271. The van der Waals surface area contributed by atoms with Crippen molar-refractivity contribution in [3.63, 3.8) is 0 Å². The molecule has 0 unspecified atom stereocenters. The monoisotopic (exact) mass is 287 g/mol. The van der Waals surface area contributed by atoms with E-state index in [4.69, 9.17) is 5.26 Å². The van der Waals surface area contributed by atoms with E-state index in [1.807, 2.05) is 6.07 Å². The Kier molecular flexibility index (Phi) is 4.40. The van der Waals surface area contributed by atoms with Crippen LogP contribution in [0, 0.1) is 23.1 Å². The van der Waals surface area contributed by atoms with Crippen molar-refractivity contribution in [2.75, 3.05) is 37.6 Å². The molecule has 0 N–H and O–H groups in total. The number of anilines is 1. The van der Waals surface area contributed by atoms with Gasteiger partial charge in [0.25, 0.3) is 0 Å². The van der Waals surface area contributed by atoms with E-state index in [0.29, 0.717) is 11.3 Å². The summed E-state index contributed by atoms with van der Waals surface area (Å²) in [5.74, 6) is 0.479. The predicted molar refractivity (Wildman–Crippen MR) is 81.7 cm³/mol. The highest BCUT2D eigenvalue weighted by molar-refractivity contribution is 5.51. The quantitative estimate of drug-likeness (QED) is 0.856. The van der Waals surface area contributed by atoms with E-state index >= 15 is 0 Å². The summed E-state index contributed by atoms with van der Waals surface area (Å²) < 4.78 is 14.0. The summed E-state index contributed by atoms with van der Waals surface area (Å²) in [5.41, 5.74) is 1.04. The Balaban J connectivity index is 1.56. The van der Waals surface area contributed by atoms with Crippen molar-refractivity contribution in [2.24, 2.45) is 5.92 Å². The molecule has 2 heterocycles. The third kappa shape index (κ3) is 3.36. The van der Waals surface area contributed by atoms with E-state index in [9.17, 15) is 4.39 Å². The van der Waals surface area contributed by atoms with Crippen molar-refractivity contribution in [3.05, 3.63) is 29.6 Å². The van der Waals surface area contributed by atoms with Crippen molar-refractivity contribution < 1.29 is 4.39 Å². The molecule has 1 aromatic rings. The number of nitrogens with zero attached hydrogens (tertiary/aromatic N) is 3. The second-order valence-corrected chi connectivity index (χ2v) is 6.22. The highest BCUT2D eigenvalue weighted by Crippen LogP contribution is 2.27. The number of piperidine rings is 1. The number of rotatable bonds is 3. The molecule has 0 saturated carbocycles. The standard InChI is InChI=1S/C17H22FN3/c18-16-11-15(12-19)3-4-17(16)21-9-5-14(6-10-21)13-20-7-1-2-8-20/h3-4,11,14H,1-2,5-10,13H2. The Labute approximate surface area is 126 Å². The maximum absolute atomic E-state index is 14.0. The number of halogens is 1. The zero-order chi connectivity index (χ0) is 14.7. The first kappa shape index (κ1) is 14.3. The summed E-state index contributed by atoms with van der Waals surface area (Å²) >= 11 is 0. The fourth-order valence-electron chi connectivity index (χ4n) is 3.52. The number of hydrogen-bond donors (Lipinski definition) is 0. The van der Waals surface area contributed by atoms with Crippen LogP contribution in [0.5, 0.6) is 0 Å². The molecule has 2 saturated heterocycles. The molecule has 1 aromatic carbocycles. The van der Waals surface area contributed by atoms with Crippen LogP contribution in [0.1, 0.15) is 31.2 Å². The molecule has 0 aromatic heterocycles. The summed E-state index contributed by atoms with van der Waals surface area (Å²) in [5, 5.41) is 8.80. The van der Waals surface area contributed by atoms with Crippen LogP contribution in [0.2, 0.25) is 0 Å². The van der Waals surface area contributed by atoms with Gasteiger partial charge in [-0.05, 0) is 62.9 Å². The van der Waals surface area contributed by atoms with E-state index in [1.54, 1.807) is 12.1 Å². The molecule has 0 atom stereocenters. The number of nitriles is 1. The van der Waals surface area contributed by atoms with Gasteiger partial charge in [0, 0.05) is 19.6 Å². The highest BCUT2D eigenvalue weighted by Gasteiger charge is 2.24. The topological polar surface area (TPSA) is 30.3 Å².